The Kier molecular flexibility index (Phi) is 5.40. The van der Waals surface area contributed by atoms with Crippen LogP contribution in [0.15, 0.2) is 24.3 Å². The molecule has 3 atom stereocenters. The highest BCUT2D eigenvalue weighted by molar-refractivity contribution is 14.1. The molecular formula is C17H26IN3. The standard InChI is InChI=1S/C17H26IN3/c18-13-7-9-15(10-8-13)21-11-3-4-14(12-21)20-17-6-2-1-5-16(17)19/h7-10,14,16-17,20H,1-6,11-12,19H2/t14-,16+,17+/m0/s1. The van der Waals surface area contributed by atoms with E-state index < -0.39 is 0 Å². The van der Waals surface area contributed by atoms with Gasteiger partial charge >= 0.3 is 0 Å². The van der Waals surface area contributed by atoms with Crippen molar-refractivity contribution in [3.05, 3.63) is 27.8 Å². The monoisotopic (exact) mass is 399 g/mol. The average Bonchev–Trinajstić information content (AvgIpc) is 2.51. The van der Waals surface area contributed by atoms with Crippen LogP contribution < -0.4 is 16.0 Å². The normalized spacial score (nSPS) is 30.4. The lowest BCUT2D eigenvalue weighted by atomic mass is 9.89. The van der Waals surface area contributed by atoms with Gasteiger partial charge in [-0.05, 0) is 72.5 Å². The van der Waals surface area contributed by atoms with Crippen molar-refractivity contribution in [3.8, 4) is 0 Å². The fourth-order valence-electron chi connectivity index (χ4n) is 3.67. The van der Waals surface area contributed by atoms with Gasteiger partial charge in [0.25, 0.3) is 0 Å². The van der Waals surface area contributed by atoms with E-state index in [-0.39, 0.29) is 0 Å². The number of halogens is 1. The van der Waals surface area contributed by atoms with E-state index in [1.54, 1.807) is 0 Å². The zero-order chi connectivity index (χ0) is 14.7. The molecular weight excluding hydrogens is 373 g/mol. The van der Waals surface area contributed by atoms with Gasteiger partial charge in [0, 0.05) is 40.5 Å². The van der Waals surface area contributed by atoms with Crippen molar-refractivity contribution in [3.63, 3.8) is 0 Å². The van der Waals surface area contributed by atoms with E-state index in [0.717, 1.165) is 6.54 Å². The molecule has 0 bridgehead atoms. The highest BCUT2D eigenvalue weighted by Crippen LogP contribution is 2.23. The van der Waals surface area contributed by atoms with Crippen molar-refractivity contribution >= 4 is 28.3 Å². The first-order chi connectivity index (χ1) is 10.2. The van der Waals surface area contributed by atoms with E-state index >= 15 is 0 Å². The van der Waals surface area contributed by atoms with Crippen LogP contribution in [0.25, 0.3) is 0 Å². The molecule has 1 aliphatic heterocycles. The Morgan fingerprint density at radius 3 is 2.57 bits per heavy atom. The highest BCUT2D eigenvalue weighted by Gasteiger charge is 2.27. The predicted octanol–water partition coefficient (Wildman–Crippen LogP) is 3.12. The average molecular weight is 399 g/mol. The lowest BCUT2D eigenvalue weighted by molar-refractivity contribution is 0.282. The first kappa shape index (κ1) is 15.6. The van der Waals surface area contributed by atoms with Crippen molar-refractivity contribution in [2.75, 3.05) is 18.0 Å². The molecule has 3 nitrogen and oxygen atoms in total. The predicted molar refractivity (Wildman–Crippen MR) is 97.8 cm³/mol. The summed E-state index contributed by atoms with van der Waals surface area (Å²) in [5.74, 6) is 0. The van der Waals surface area contributed by atoms with Crippen molar-refractivity contribution in [2.45, 2.75) is 56.7 Å². The molecule has 0 amide bonds. The third kappa shape index (κ3) is 4.11. The number of hydrogen-bond acceptors (Lipinski definition) is 3. The van der Waals surface area contributed by atoms with Gasteiger partial charge in [0.1, 0.15) is 0 Å². The van der Waals surface area contributed by atoms with Gasteiger partial charge in [0.2, 0.25) is 0 Å². The zero-order valence-electron chi connectivity index (χ0n) is 12.6. The second-order valence-electron chi connectivity index (χ2n) is 6.48. The number of nitrogens with zero attached hydrogens (tertiary/aromatic N) is 1. The summed E-state index contributed by atoms with van der Waals surface area (Å²) >= 11 is 2.37. The van der Waals surface area contributed by atoms with Gasteiger partial charge in [-0.3, -0.25) is 0 Å². The molecule has 21 heavy (non-hydrogen) atoms. The second-order valence-corrected chi connectivity index (χ2v) is 7.73. The number of hydrogen-bond donors (Lipinski definition) is 2. The summed E-state index contributed by atoms with van der Waals surface area (Å²) in [4.78, 5) is 2.52. The van der Waals surface area contributed by atoms with Crippen LogP contribution in [0, 0.1) is 3.57 Å². The third-order valence-corrected chi connectivity index (χ3v) is 5.60. The minimum Gasteiger partial charge on any atom is -0.370 e. The number of rotatable bonds is 3. The SMILES string of the molecule is N[C@@H]1CCCC[C@H]1N[C@H]1CCCN(c2ccc(I)cc2)C1. The number of piperidine rings is 1. The van der Waals surface area contributed by atoms with Crippen LogP contribution in [0.5, 0.6) is 0 Å². The summed E-state index contributed by atoms with van der Waals surface area (Å²) in [7, 11) is 0. The largest absolute Gasteiger partial charge is 0.370 e. The topological polar surface area (TPSA) is 41.3 Å². The molecule has 2 fully saturated rings. The van der Waals surface area contributed by atoms with Gasteiger partial charge in [-0.2, -0.15) is 0 Å². The molecule has 1 heterocycles. The van der Waals surface area contributed by atoms with Crippen LogP contribution in [-0.2, 0) is 0 Å². The fraction of sp³-hybridized carbons (Fsp3) is 0.647. The van der Waals surface area contributed by atoms with E-state index in [1.165, 1.54) is 54.3 Å². The molecule has 0 aromatic heterocycles. The number of nitrogens with two attached hydrogens (primary N) is 1. The van der Waals surface area contributed by atoms with Crippen molar-refractivity contribution in [2.24, 2.45) is 5.73 Å². The molecule has 4 heteroatoms. The van der Waals surface area contributed by atoms with Crippen LogP contribution in [-0.4, -0.2) is 31.2 Å². The molecule has 1 saturated heterocycles. The van der Waals surface area contributed by atoms with Crippen LogP contribution in [0.4, 0.5) is 5.69 Å². The van der Waals surface area contributed by atoms with Crippen molar-refractivity contribution in [1.29, 1.82) is 0 Å². The third-order valence-electron chi connectivity index (χ3n) is 4.88. The van der Waals surface area contributed by atoms with Crippen LogP contribution >= 0.6 is 22.6 Å². The molecule has 3 N–H and O–H groups in total. The summed E-state index contributed by atoms with van der Waals surface area (Å²) < 4.78 is 1.30. The first-order valence-electron chi connectivity index (χ1n) is 8.24. The maximum absolute atomic E-state index is 6.28. The van der Waals surface area contributed by atoms with Crippen LogP contribution in [0.1, 0.15) is 38.5 Å². The molecule has 1 aliphatic carbocycles. The molecule has 1 aromatic carbocycles. The number of anilines is 1. The Labute approximate surface area is 141 Å². The molecule has 1 saturated carbocycles. The molecule has 0 unspecified atom stereocenters. The quantitative estimate of drug-likeness (QED) is 0.768. The van der Waals surface area contributed by atoms with E-state index in [0.29, 0.717) is 18.1 Å². The summed E-state index contributed by atoms with van der Waals surface area (Å²) in [5.41, 5.74) is 7.64. The van der Waals surface area contributed by atoms with E-state index in [4.69, 9.17) is 5.73 Å². The maximum atomic E-state index is 6.28. The van der Waals surface area contributed by atoms with Gasteiger partial charge in [-0.25, -0.2) is 0 Å². The van der Waals surface area contributed by atoms with Gasteiger partial charge in [0.15, 0.2) is 0 Å². The van der Waals surface area contributed by atoms with Crippen LogP contribution in [0.2, 0.25) is 0 Å². The highest BCUT2D eigenvalue weighted by atomic mass is 127. The minimum absolute atomic E-state index is 0.354. The van der Waals surface area contributed by atoms with Gasteiger partial charge in [-0.1, -0.05) is 12.8 Å². The number of nitrogens with one attached hydrogen (secondary N) is 1. The summed E-state index contributed by atoms with van der Waals surface area (Å²) in [6.07, 6.45) is 7.62. The summed E-state index contributed by atoms with van der Waals surface area (Å²) in [6.45, 7) is 2.29. The second kappa shape index (κ2) is 7.29. The van der Waals surface area contributed by atoms with Crippen molar-refractivity contribution in [1.82, 2.24) is 5.32 Å². The summed E-state index contributed by atoms with van der Waals surface area (Å²) in [5, 5.41) is 3.85. The maximum Gasteiger partial charge on any atom is 0.0367 e. The Morgan fingerprint density at radius 2 is 1.81 bits per heavy atom. The van der Waals surface area contributed by atoms with E-state index in [9.17, 15) is 0 Å². The Hall–Kier alpha value is -0.330. The zero-order valence-corrected chi connectivity index (χ0v) is 14.8. The molecule has 3 rings (SSSR count). The van der Waals surface area contributed by atoms with Gasteiger partial charge in [-0.15, -0.1) is 0 Å². The van der Waals surface area contributed by atoms with E-state index in [1.807, 2.05) is 0 Å². The van der Waals surface area contributed by atoms with Gasteiger partial charge in [0.05, 0.1) is 0 Å². The Balaban J connectivity index is 1.59. The molecule has 2 aliphatic rings. The molecule has 0 spiro atoms. The lowest BCUT2D eigenvalue weighted by Gasteiger charge is -2.39. The Morgan fingerprint density at radius 1 is 1.05 bits per heavy atom. The Bertz CT molecular complexity index is 448. The lowest BCUT2D eigenvalue weighted by Crippen LogP contribution is -2.55. The van der Waals surface area contributed by atoms with Crippen molar-refractivity contribution < 1.29 is 0 Å². The number of benzene rings is 1. The van der Waals surface area contributed by atoms with Crippen LogP contribution in [0.3, 0.4) is 0 Å². The van der Waals surface area contributed by atoms with E-state index in [2.05, 4.69) is 57.1 Å². The minimum atomic E-state index is 0.354. The molecule has 0 radical (unpaired) electrons. The molecule has 116 valence electrons. The summed E-state index contributed by atoms with van der Waals surface area (Å²) in [6, 6.07) is 10.4. The fourth-order valence-corrected chi connectivity index (χ4v) is 4.03. The first-order valence-corrected chi connectivity index (χ1v) is 9.32. The smallest absolute Gasteiger partial charge is 0.0367 e. The molecule has 1 aromatic rings. The van der Waals surface area contributed by atoms with Gasteiger partial charge < -0.3 is 16.0 Å².